The number of para-hydroxylation sites is 2. The number of carbonyl (C=O) groups excluding carboxylic acids is 1. The van der Waals surface area contributed by atoms with E-state index >= 15 is 0 Å². The van der Waals surface area contributed by atoms with Crippen molar-refractivity contribution >= 4 is 35.3 Å². The average Bonchev–Trinajstić information content (AvgIpc) is 3.35. The summed E-state index contributed by atoms with van der Waals surface area (Å²) in [5.41, 5.74) is 2.74. The van der Waals surface area contributed by atoms with Crippen LogP contribution in [-0.2, 0) is 10.5 Å². The molecule has 0 fully saturated rings. The summed E-state index contributed by atoms with van der Waals surface area (Å²) in [5, 5.41) is 20.6. The summed E-state index contributed by atoms with van der Waals surface area (Å²) in [7, 11) is 0. The minimum absolute atomic E-state index is 0.120. The maximum absolute atomic E-state index is 14.2. The lowest BCUT2D eigenvalue weighted by Gasteiger charge is -2.29. The largest absolute Gasteiger partial charge is 0.492 e. The number of nitrogens with one attached hydrogen (secondary N) is 2. The summed E-state index contributed by atoms with van der Waals surface area (Å²) >= 11 is 1.27. The van der Waals surface area contributed by atoms with Gasteiger partial charge in [-0.15, -0.1) is 5.10 Å². The second-order valence-corrected chi connectivity index (χ2v) is 9.86. The summed E-state index contributed by atoms with van der Waals surface area (Å²) in [6, 6.07) is 19.2. The lowest BCUT2D eigenvalue weighted by atomic mass is 9.94. The van der Waals surface area contributed by atoms with Gasteiger partial charge in [0, 0.05) is 11.4 Å². The normalized spacial score (nSPS) is 14.3. The topological polar surface area (TPSA) is 118 Å². The summed E-state index contributed by atoms with van der Waals surface area (Å²) in [5.74, 6) is -0.476. The van der Waals surface area contributed by atoms with Crippen molar-refractivity contribution in [1.82, 2.24) is 14.8 Å². The second kappa shape index (κ2) is 11.6. The molecule has 204 valence electrons. The Morgan fingerprint density at radius 3 is 2.55 bits per heavy atom. The summed E-state index contributed by atoms with van der Waals surface area (Å²) in [6.07, 6.45) is 0. The van der Waals surface area contributed by atoms with E-state index in [1.165, 1.54) is 30.0 Å². The van der Waals surface area contributed by atoms with Crippen LogP contribution in [0.25, 0.3) is 0 Å². The Kier molecular flexibility index (Phi) is 7.83. The van der Waals surface area contributed by atoms with Crippen molar-refractivity contribution in [1.29, 1.82) is 0 Å². The Morgan fingerprint density at radius 1 is 1.10 bits per heavy atom. The molecule has 3 N–H and O–H groups in total. The number of fused-ring (bicyclic) bond motifs is 1. The van der Waals surface area contributed by atoms with Crippen molar-refractivity contribution in [3.8, 4) is 5.75 Å². The number of nitrogens with zero attached hydrogens (tertiary/aromatic N) is 3. The van der Waals surface area contributed by atoms with Gasteiger partial charge in [-0.05, 0) is 55.3 Å². The highest BCUT2D eigenvalue weighted by Crippen LogP contribution is 2.38. The zero-order valence-corrected chi connectivity index (χ0v) is 22.5. The Balaban J connectivity index is 1.51. The lowest BCUT2D eigenvalue weighted by Crippen LogP contribution is -2.31. The molecule has 1 aliphatic rings. The Hall–Kier alpha value is -4.64. The van der Waals surface area contributed by atoms with Crippen LogP contribution >= 0.6 is 11.8 Å². The number of ether oxygens (including phenoxy) is 1. The Labute approximate surface area is 234 Å². The molecule has 0 spiro atoms. The van der Waals surface area contributed by atoms with E-state index in [0.717, 1.165) is 0 Å². The van der Waals surface area contributed by atoms with Crippen LogP contribution in [-0.4, -0.2) is 38.4 Å². The molecular formula is C29H26FN5O4S. The van der Waals surface area contributed by atoms with Crippen molar-refractivity contribution in [2.75, 3.05) is 17.2 Å². The first-order valence-corrected chi connectivity index (χ1v) is 13.5. The molecule has 9 nitrogen and oxygen atoms in total. The van der Waals surface area contributed by atoms with Gasteiger partial charge in [0.15, 0.2) is 0 Å². The first kappa shape index (κ1) is 26.9. The van der Waals surface area contributed by atoms with E-state index in [2.05, 4.69) is 20.7 Å². The molecule has 0 radical (unpaired) electrons. The number of aromatic carboxylic acids is 1. The van der Waals surface area contributed by atoms with Gasteiger partial charge in [-0.25, -0.2) is 13.9 Å². The van der Waals surface area contributed by atoms with Crippen molar-refractivity contribution in [2.45, 2.75) is 30.8 Å². The number of carboxylic acid groups (broad SMARTS) is 1. The molecule has 0 saturated heterocycles. The van der Waals surface area contributed by atoms with Crippen LogP contribution in [0, 0.1) is 5.82 Å². The standard InChI is InChI=1S/C29H26FN5O4S/c1-3-39-23-11-7-6-10-22(23)32-26(36)24-17(2)31-28-33-29(40-16-20-8-4-5-9-21(20)30)34-35(28)25(24)18-12-14-19(15-13-18)27(37)38/h4-15,25H,3,16H2,1-2H3,(H,32,36)(H,37,38)(H,31,33,34). The molecule has 5 rings (SSSR count). The molecule has 4 aromatic rings. The van der Waals surface area contributed by atoms with E-state index in [4.69, 9.17) is 4.74 Å². The third-order valence-corrected chi connectivity index (χ3v) is 7.19. The number of rotatable bonds is 9. The van der Waals surface area contributed by atoms with Crippen LogP contribution in [0.15, 0.2) is 89.2 Å². The predicted octanol–water partition coefficient (Wildman–Crippen LogP) is 5.73. The molecule has 0 bridgehead atoms. The van der Waals surface area contributed by atoms with Crippen LogP contribution in [0.5, 0.6) is 5.75 Å². The third kappa shape index (κ3) is 5.55. The average molecular weight is 560 g/mol. The summed E-state index contributed by atoms with van der Waals surface area (Å²) < 4.78 is 21.4. The van der Waals surface area contributed by atoms with Gasteiger partial charge in [0.2, 0.25) is 11.1 Å². The zero-order chi connectivity index (χ0) is 28.2. The van der Waals surface area contributed by atoms with Crippen LogP contribution in [0.3, 0.4) is 0 Å². The second-order valence-electron chi connectivity index (χ2n) is 8.92. The Bertz CT molecular complexity index is 1600. The molecule has 2 heterocycles. The number of aromatic nitrogens is 3. The molecule has 1 aliphatic heterocycles. The maximum Gasteiger partial charge on any atom is 0.335 e. The van der Waals surface area contributed by atoms with Crippen molar-refractivity contribution in [2.24, 2.45) is 0 Å². The lowest BCUT2D eigenvalue weighted by molar-refractivity contribution is -0.113. The van der Waals surface area contributed by atoms with Gasteiger partial charge in [-0.1, -0.05) is 54.2 Å². The third-order valence-electron chi connectivity index (χ3n) is 6.30. The van der Waals surface area contributed by atoms with Crippen molar-refractivity contribution in [3.63, 3.8) is 0 Å². The molecule has 1 aromatic heterocycles. The smallest absolute Gasteiger partial charge is 0.335 e. The number of allylic oxidation sites excluding steroid dienone is 1. The van der Waals surface area contributed by atoms with Gasteiger partial charge in [0.05, 0.1) is 23.4 Å². The summed E-state index contributed by atoms with van der Waals surface area (Å²) in [6.45, 7) is 4.07. The van der Waals surface area contributed by atoms with Crippen LogP contribution in [0.2, 0.25) is 0 Å². The first-order chi connectivity index (χ1) is 19.4. The minimum Gasteiger partial charge on any atom is -0.492 e. The number of anilines is 2. The molecular weight excluding hydrogens is 533 g/mol. The molecule has 3 aromatic carbocycles. The fraction of sp³-hybridized carbons (Fsp3) is 0.172. The number of carbonyl (C=O) groups is 2. The monoisotopic (exact) mass is 559 g/mol. The van der Waals surface area contributed by atoms with Gasteiger partial charge < -0.3 is 20.5 Å². The number of carboxylic acids is 1. The number of hydrogen-bond donors (Lipinski definition) is 3. The molecule has 11 heteroatoms. The number of halogens is 1. The molecule has 1 atom stereocenters. The number of hydrogen-bond acceptors (Lipinski definition) is 7. The number of thioether (sulfide) groups is 1. The minimum atomic E-state index is -1.05. The molecule has 1 unspecified atom stereocenters. The fourth-order valence-corrected chi connectivity index (χ4v) is 5.22. The van der Waals surface area contributed by atoms with Gasteiger partial charge >= 0.3 is 5.97 Å². The predicted molar refractivity (Wildman–Crippen MR) is 150 cm³/mol. The highest BCUT2D eigenvalue weighted by Gasteiger charge is 2.35. The maximum atomic E-state index is 14.2. The van der Waals surface area contributed by atoms with E-state index in [0.29, 0.717) is 57.3 Å². The van der Waals surface area contributed by atoms with Gasteiger partial charge in [0.1, 0.15) is 17.6 Å². The van der Waals surface area contributed by atoms with E-state index < -0.39 is 12.0 Å². The van der Waals surface area contributed by atoms with E-state index in [1.807, 2.05) is 13.0 Å². The van der Waals surface area contributed by atoms with E-state index in [1.54, 1.807) is 60.1 Å². The first-order valence-electron chi connectivity index (χ1n) is 12.5. The fourth-order valence-electron chi connectivity index (χ4n) is 4.40. The highest BCUT2D eigenvalue weighted by atomic mass is 32.2. The highest BCUT2D eigenvalue weighted by molar-refractivity contribution is 7.98. The van der Waals surface area contributed by atoms with E-state index in [9.17, 15) is 19.1 Å². The van der Waals surface area contributed by atoms with Crippen LogP contribution in [0.1, 0.15) is 41.4 Å². The summed E-state index contributed by atoms with van der Waals surface area (Å²) in [4.78, 5) is 29.8. The molecule has 40 heavy (non-hydrogen) atoms. The van der Waals surface area contributed by atoms with Crippen LogP contribution in [0.4, 0.5) is 16.0 Å². The molecule has 1 amide bonds. The zero-order valence-electron chi connectivity index (χ0n) is 21.7. The van der Waals surface area contributed by atoms with Crippen molar-refractivity contribution < 1.29 is 23.8 Å². The van der Waals surface area contributed by atoms with Crippen molar-refractivity contribution in [3.05, 3.63) is 107 Å². The Morgan fingerprint density at radius 2 is 1.82 bits per heavy atom. The quantitative estimate of drug-likeness (QED) is 0.223. The number of benzene rings is 3. The van der Waals surface area contributed by atoms with Gasteiger partial charge in [0.25, 0.3) is 5.91 Å². The SMILES string of the molecule is CCOc1ccccc1NC(=O)C1=C(C)Nc2nc(SCc3ccccc3F)nn2C1c1ccc(C(=O)O)cc1. The van der Waals surface area contributed by atoms with Gasteiger partial charge in [-0.3, -0.25) is 4.79 Å². The van der Waals surface area contributed by atoms with Gasteiger partial charge in [-0.2, -0.15) is 4.98 Å². The van der Waals surface area contributed by atoms with E-state index in [-0.39, 0.29) is 17.3 Å². The number of amides is 1. The molecule has 0 saturated carbocycles. The van der Waals surface area contributed by atoms with Crippen LogP contribution < -0.4 is 15.4 Å². The molecule has 0 aliphatic carbocycles.